The molecule has 1 saturated heterocycles. The third-order valence-corrected chi connectivity index (χ3v) is 4.10. The molecule has 0 spiro atoms. The highest BCUT2D eigenvalue weighted by molar-refractivity contribution is 7.71. The lowest BCUT2D eigenvalue weighted by Gasteiger charge is -2.10. The number of aromatic amines is 1. The molecular formula is C14H18N2OS. The Hall–Kier alpha value is -1.13. The first kappa shape index (κ1) is 11.9. The van der Waals surface area contributed by atoms with Crippen molar-refractivity contribution in [2.24, 2.45) is 5.92 Å². The predicted molar refractivity (Wildman–Crippen MR) is 75.4 cm³/mol. The molecule has 3 nitrogen and oxygen atoms in total. The van der Waals surface area contributed by atoms with Crippen molar-refractivity contribution in [1.29, 1.82) is 0 Å². The lowest BCUT2D eigenvalue weighted by Crippen LogP contribution is -2.06. The molecule has 1 atom stereocenters. The van der Waals surface area contributed by atoms with Crippen molar-refractivity contribution in [2.75, 3.05) is 13.2 Å². The molecule has 0 saturated carbocycles. The van der Waals surface area contributed by atoms with E-state index in [-0.39, 0.29) is 0 Å². The van der Waals surface area contributed by atoms with E-state index in [2.05, 4.69) is 34.7 Å². The SMILES string of the molecule is Cc1cccc2[nH]c(=S)n(CCC3CCOC3)c12. The van der Waals surface area contributed by atoms with Crippen LogP contribution < -0.4 is 0 Å². The molecule has 1 aliphatic heterocycles. The van der Waals surface area contributed by atoms with Crippen LogP contribution in [0.25, 0.3) is 11.0 Å². The van der Waals surface area contributed by atoms with Crippen molar-refractivity contribution in [3.63, 3.8) is 0 Å². The van der Waals surface area contributed by atoms with Gasteiger partial charge in [-0.25, -0.2) is 0 Å². The fourth-order valence-corrected chi connectivity index (χ4v) is 3.03. The molecule has 18 heavy (non-hydrogen) atoms. The van der Waals surface area contributed by atoms with Crippen molar-refractivity contribution in [3.05, 3.63) is 28.5 Å². The number of H-pyrrole nitrogens is 1. The molecule has 0 aliphatic carbocycles. The Balaban J connectivity index is 1.90. The number of aromatic nitrogens is 2. The van der Waals surface area contributed by atoms with Crippen LogP contribution >= 0.6 is 12.2 Å². The lowest BCUT2D eigenvalue weighted by molar-refractivity contribution is 0.183. The zero-order chi connectivity index (χ0) is 12.5. The van der Waals surface area contributed by atoms with Crippen LogP contribution in [0.3, 0.4) is 0 Å². The number of ether oxygens (including phenoxy) is 1. The summed E-state index contributed by atoms with van der Waals surface area (Å²) < 4.78 is 8.49. The van der Waals surface area contributed by atoms with Gasteiger partial charge in [0.25, 0.3) is 0 Å². The van der Waals surface area contributed by atoms with Gasteiger partial charge in [-0.1, -0.05) is 12.1 Å². The lowest BCUT2D eigenvalue weighted by atomic mass is 10.1. The summed E-state index contributed by atoms with van der Waals surface area (Å²) in [5.41, 5.74) is 3.67. The largest absolute Gasteiger partial charge is 0.381 e. The molecule has 3 rings (SSSR count). The quantitative estimate of drug-likeness (QED) is 0.859. The fourth-order valence-electron chi connectivity index (χ4n) is 2.74. The second-order valence-electron chi connectivity index (χ2n) is 5.07. The summed E-state index contributed by atoms with van der Waals surface area (Å²) in [7, 11) is 0. The molecule has 0 bridgehead atoms. The average molecular weight is 262 g/mol. The molecule has 1 N–H and O–H groups in total. The number of fused-ring (bicyclic) bond motifs is 1. The Bertz CT molecular complexity index is 608. The van der Waals surface area contributed by atoms with E-state index < -0.39 is 0 Å². The Morgan fingerprint density at radius 2 is 2.39 bits per heavy atom. The standard InChI is InChI=1S/C14H18N2OS/c1-10-3-2-4-12-13(10)16(14(18)15-12)7-5-11-6-8-17-9-11/h2-4,11H,5-9H2,1H3,(H,15,18). The first-order valence-electron chi connectivity index (χ1n) is 6.51. The number of nitrogens with zero attached hydrogens (tertiary/aromatic N) is 1. The topological polar surface area (TPSA) is 29.9 Å². The number of benzene rings is 1. The molecule has 1 aliphatic rings. The number of aryl methyl sites for hydroxylation is 2. The van der Waals surface area contributed by atoms with E-state index in [0.29, 0.717) is 5.92 Å². The zero-order valence-corrected chi connectivity index (χ0v) is 11.4. The normalized spacial score (nSPS) is 19.7. The number of nitrogens with one attached hydrogen (secondary N) is 1. The molecule has 1 unspecified atom stereocenters. The van der Waals surface area contributed by atoms with E-state index in [1.165, 1.54) is 17.5 Å². The second kappa shape index (κ2) is 4.86. The third-order valence-electron chi connectivity index (χ3n) is 3.78. The minimum absolute atomic E-state index is 0.695. The van der Waals surface area contributed by atoms with Crippen LogP contribution in [0, 0.1) is 17.6 Å². The molecule has 1 aromatic carbocycles. The number of imidazole rings is 1. The summed E-state index contributed by atoms with van der Waals surface area (Å²) in [4.78, 5) is 3.29. The van der Waals surface area contributed by atoms with Crippen LogP contribution in [-0.2, 0) is 11.3 Å². The number of hydrogen-bond acceptors (Lipinski definition) is 2. The van der Waals surface area contributed by atoms with Crippen LogP contribution in [0.1, 0.15) is 18.4 Å². The molecule has 96 valence electrons. The van der Waals surface area contributed by atoms with Gasteiger partial charge < -0.3 is 14.3 Å². The van der Waals surface area contributed by atoms with Gasteiger partial charge in [0.05, 0.1) is 11.0 Å². The van der Waals surface area contributed by atoms with Gasteiger partial charge in [-0.3, -0.25) is 0 Å². The van der Waals surface area contributed by atoms with Gasteiger partial charge in [0.2, 0.25) is 0 Å². The fraction of sp³-hybridized carbons (Fsp3) is 0.500. The first-order chi connectivity index (χ1) is 8.75. The summed E-state index contributed by atoms with van der Waals surface area (Å²) >= 11 is 5.43. The monoisotopic (exact) mass is 262 g/mol. The zero-order valence-electron chi connectivity index (χ0n) is 10.6. The molecule has 1 aromatic heterocycles. The van der Waals surface area contributed by atoms with Crippen molar-refractivity contribution in [3.8, 4) is 0 Å². The van der Waals surface area contributed by atoms with Crippen LogP contribution in [0.4, 0.5) is 0 Å². The van der Waals surface area contributed by atoms with Gasteiger partial charge in [0, 0.05) is 19.8 Å². The number of para-hydroxylation sites is 1. The van der Waals surface area contributed by atoms with E-state index in [1.54, 1.807) is 0 Å². The van der Waals surface area contributed by atoms with Crippen molar-refractivity contribution < 1.29 is 4.74 Å². The maximum absolute atomic E-state index is 5.43. The molecule has 2 aromatic rings. The van der Waals surface area contributed by atoms with Gasteiger partial charge in [0.15, 0.2) is 4.77 Å². The summed E-state index contributed by atoms with van der Waals surface area (Å²) in [6.45, 7) is 4.95. The summed E-state index contributed by atoms with van der Waals surface area (Å²) in [5, 5.41) is 0. The highest BCUT2D eigenvalue weighted by Crippen LogP contribution is 2.22. The van der Waals surface area contributed by atoms with Gasteiger partial charge in [0.1, 0.15) is 0 Å². The second-order valence-corrected chi connectivity index (χ2v) is 5.46. The van der Waals surface area contributed by atoms with Gasteiger partial charge >= 0.3 is 0 Å². The predicted octanol–water partition coefficient (Wildman–Crippen LogP) is 3.43. The molecule has 0 radical (unpaired) electrons. The number of hydrogen-bond donors (Lipinski definition) is 1. The first-order valence-corrected chi connectivity index (χ1v) is 6.92. The Morgan fingerprint density at radius 1 is 1.50 bits per heavy atom. The highest BCUT2D eigenvalue weighted by Gasteiger charge is 2.16. The van der Waals surface area contributed by atoms with E-state index in [1.807, 2.05) is 0 Å². The Kier molecular flexibility index (Phi) is 3.22. The highest BCUT2D eigenvalue weighted by atomic mass is 32.1. The van der Waals surface area contributed by atoms with Gasteiger partial charge in [-0.2, -0.15) is 0 Å². The van der Waals surface area contributed by atoms with Gasteiger partial charge in [-0.15, -0.1) is 0 Å². The smallest absolute Gasteiger partial charge is 0.178 e. The van der Waals surface area contributed by atoms with Crippen molar-refractivity contribution in [1.82, 2.24) is 9.55 Å². The van der Waals surface area contributed by atoms with Crippen LogP contribution in [-0.4, -0.2) is 22.8 Å². The summed E-state index contributed by atoms with van der Waals surface area (Å²) in [6, 6.07) is 6.30. The molecular weight excluding hydrogens is 244 g/mol. The summed E-state index contributed by atoms with van der Waals surface area (Å²) in [5.74, 6) is 0.695. The molecule has 1 fully saturated rings. The van der Waals surface area contributed by atoms with Crippen LogP contribution in [0.5, 0.6) is 0 Å². The van der Waals surface area contributed by atoms with Gasteiger partial charge in [-0.05, 0) is 49.5 Å². The maximum atomic E-state index is 5.43. The Morgan fingerprint density at radius 3 is 3.17 bits per heavy atom. The van der Waals surface area contributed by atoms with Crippen molar-refractivity contribution in [2.45, 2.75) is 26.3 Å². The van der Waals surface area contributed by atoms with Crippen LogP contribution in [0.15, 0.2) is 18.2 Å². The molecule has 0 amide bonds. The summed E-state index contributed by atoms with van der Waals surface area (Å²) in [6.07, 6.45) is 2.34. The van der Waals surface area contributed by atoms with E-state index >= 15 is 0 Å². The Labute approximate surface area is 112 Å². The minimum Gasteiger partial charge on any atom is -0.381 e. The van der Waals surface area contributed by atoms with E-state index in [0.717, 1.165) is 36.5 Å². The maximum Gasteiger partial charge on any atom is 0.178 e. The van der Waals surface area contributed by atoms with Crippen molar-refractivity contribution >= 4 is 23.3 Å². The van der Waals surface area contributed by atoms with E-state index in [4.69, 9.17) is 17.0 Å². The third kappa shape index (κ3) is 2.10. The number of rotatable bonds is 3. The van der Waals surface area contributed by atoms with E-state index in [9.17, 15) is 0 Å². The molecule has 4 heteroatoms. The molecule has 2 heterocycles. The average Bonchev–Trinajstić information content (AvgIpc) is 2.94. The van der Waals surface area contributed by atoms with Crippen LogP contribution in [0.2, 0.25) is 0 Å². The minimum atomic E-state index is 0.695.